The van der Waals surface area contributed by atoms with Gasteiger partial charge in [0.15, 0.2) is 5.82 Å². The lowest BCUT2D eigenvalue weighted by atomic mass is 10.2. The largest absolute Gasteiger partial charge is 0.444 e. The van der Waals surface area contributed by atoms with Crippen molar-refractivity contribution in [1.29, 1.82) is 0 Å². The van der Waals surface area contributed by atoms with Gasteiger partial charge in [-0.05, 0) is 38.4 Å². The van der Waals surface area contributed by atoms with E-state index in [0.717, 1.165) is 34.0 Å². The van der Waals surface area contributed by atoms with E-state index in [1.807, 2.05) is 26.8 Å². The summed E-state index contributed by atoms with van der Waals surface area (Å²) in [6, 6.07) is 1.96. The molecule has 142 valence electrons. The quantitative estimate of drug-likeness (QED) is 0.736. The van der Waals surface area contributed by atoms with Crippen molar-refractivity contribution in [3.8, 4) is 0 Å². The van der Waals surface area contributed by atoms with Crippen LogP contribution >= 0.6 is 22.9 Å². The second-order valence-electron chi connectivity index (χ2n) is 7.18. The molecule has 3 heterocycles. The van der Waals surface area contributed by atoms with E-state index in [9.17, 15) is 4.79 Å². The summed E-state index contributed by atoms with van der Waals surface area (Å²) in [5.41, 5.74) is 0.276. The molecule has 1 aliphatic heterocycles. The van der Waals surface area contributed by atoms with E-state index in [2.05, 4.69) is 14.9 Å². The zero-order valence-electron chi connectivity index (χ0n) is 15.4. The van der Waals surface area contributed by atoms with Crippen LogP contribution in [0, 0.1) is 0 Å². The molecule has 0 unspecified atom stereocenters. The summed E-state index contributed by atoms with van der Waals surface area (Å²) in [5.74, 6) is 0.833. The van der Waals surface area contributed by atoms with Crippen molar-refractivity contribution in [3.05, 3.63) is 16.2 Å². The van der Waals surface area contributed by atoms with Crippen LogP contribution in [0.15, 0.2) is 6.07 Å². The lowest BCUT2D eigenvalue weighted by molar-refractivity contribution is 0.0287. The molecular weight excluding hydrogens is 376 g/mol. The number of carbonyl (C=O) groups is 1. The first-order valence-electron chi connectivity index (χ1n) is 8.46. The summed E-state index contributed by atoms with van der Waals surface area (Å²) >= 11 is 7.70. The summed E-state index contributed by atoms with van der Waals surface area (Å²) in [7, 11) is 1.72. The number of morpholine rings is 1. The smallest absolute Gasteiger partial charge is 0.410 e. The number of ether oxygens (including phenoxy) is 2. The minimum absolute atomic E-state index is 0.226. The second-order valence-corrected chi connectivity index (χ2v) is 8.65. The standard InChI is InChI=1S/C17H23ClN4O3S/c1-17(2,3)25-16(23)21(4)10-11-9-12-13(26-11)14(20-15(18)19-12)22-5-7-24-8-6-22/h9H,5-8,10H2,1-4H3. The number of amides is 1. The number of halogens is 1. The zero-order chi connectivity index (χ0) is 18.9. The van der Waals surface area contributed by atoms with Crippen LogP contribution in [0.5, 0.6) is 0 Å². The highest BCUT2D eigenvalue weighted by Gasteiger charge is 2.22. The van der Waals surface area contributed by atoms with Crippen LogP contribution in [-0.2, 0) is 16.0 Å². The molecule has 1 aliphatic rings. The number of hydrogen-bond acceptors (Lipinski definition) is 7. The SMILES string of the molecule is CN(Cc1cc2nc(Cl)nc(N3CCOCC3)c2s1)C(=O)OC(C)(C)C. The normalized spacial score (nSPS) is 15.3. The van der Waals surface area contributed by atoms with Crippen LogP contribution in [0.4, 0.5) is 10.6 Å². The summed E-state index contributed by atoms with van der Waals surface area (Å²) in [6.07, 6.45) is -0.354. The van der Waals surface area contributed by atoms with Gasteiger partial charge in [0.25, 0.3) is 0 Å². The van der Waals surface area contributed by atoms with Crippen LogP contribution in [0.3, 0.4) is 0 Å². The third-order valence-electron chi connectivity index (χ3n) is 3.79. The molecule has 0 aliphatic carbocycles. The Kier molecular flexibility index (Phi) is 5.55. The number of anilines is 1. The van der Waals surface area contributed by atoms with Gasteiger partial charge >= 0.3 is 6.09 Å². The molecule has 7 nitrogen and oxygen atoms in total. The van der Waals surface area contributed by atoms with E-state index in [4.69, 9.17) is 21.1 Å². The summed E-state index contributed by atoms with van der Waals surface area (Å²) in [6.45, 7) is 8.88. The first kappa shape index (κ1) is 19.1. The molecule has 26 heavy (non-hydrogen) atoms. The van der Waals surface area contributed by atoms with Crippen LogP contribution in [-0.4, -0.2) is 59.9 Å². The van der Waals surface area contributed by atoms with Gasteiger partial charge in [-0.3, -0.25) is 0 Å². The van der Waals surface area contributed by atoms with Crippen LogP contribution in [0.25, 0.3) is 10.2 Å². The average molecular weight is 399 g/mol. The van der Waals surface area contributed by atoms with Crippen LogP contribution in [0.1, 0.15) is 25.6 Å². The van der Waals surface area contributed by atoms with E-state index >= 15 is 0 Å². The highest BCUT2D eigenvalue weighted by atomic mass is 35.5. The van der Waals surface area contributed by atoms with Crippen molar-refractivity contribution < 1.29 is 14.3 Å². The Bertz CT molecular complexity index is 799. The first-order chi connectivity index (χ1) is 12.2. The predicted octanol–water partition coefficient (Wildman–Crippen LogP) is 3.55. The molecule has 1 saturated heterocycles. The fourth-order valence-electron chi connectivity index (χ4n) is 2.64. The summed E-state index contributed by atoms with van der Waals surface area (Å²) in [4.78, 5) is 25.7. The van der Waals surface area contributed by atoms with Gasteiger partial charge in [0.2, 0.25) is 5.28 Å². The van der Waals surface area contributed by atoms with Gasteiger partial charge < -0.3 is 19.3 Å². The Morgan fingerprint density at radius 1 is 1.38 bits per heavy atom. The Morgan fingerprint density at radius 2 is 2.08 bits per heavy atom. The van der Waals surface area contributed by atoms with Gasteiger partial charge in [0.1, 0.15) is 5.60 Å². The van der Waals surface area contributed by atoms with Crippen molar-refractivity contribution in [2.75, 3.05) is 38.3 Å². The topological polar surface area (TPSA) is 67.8 Å². The molecule has 9 heteroatoms. The minimum Gasteiger partial charge on any atom is -0.444 e. The van der Waals surface area contributed by atoms with Gasteiger partial charge in [-0.25, -0.2) is 9.78 Å². The van der Waals surface area contributed by atoms with Crippen molar-refractivity contribution >= 4 is 45.1 Å². The van der Waals surface area contributed by atoms with Crippen molar-refractivity contribution in [2.45, 2.75) is 32.9 Å². The molecule has 0 N–H and O–H groups in total. The Labute approximate surface area is 161 Å². The fourth-order valence-corrected chi connectivity index (χ4v) is 3.98. The van der Waals surface area contributed by atoms with Gasteiger partial charge in [-0.15, -0.1) is 11.3 Å². The van der Waals surface area contributed by atoms with Crippen molar-refractivity contribution in [2.24, 2.45) is 0 Å². The van der Waals surface area contributed by atoms with Gasteiger partial charge in [-0.2, -0.15) is 4.98 Å². The summed E-state index contributed by atoms with van der Waals surface area (Å²) < 4.78 is 11.8. The van der Waals surface area contributed by atoms with E-state index < -0.39 is 5.60 Å². The molecule has 3 rings (SSSR count). The molecule has 0 saturated carbocycles. The monoisotopic (exact) mass is 398 g/mol. The number of carbonyl (C=O) groups excluding carboxylic acids is 1. The lowest BCUT2D eigenvalue weighted by Gasteiger charge is -2.28. The van der Waals surface area contributed by atoms with Gasteiger partial charge in [0, 0.05) is 25.0 Å². The Hall–Kier alpha value is -1.64. The van der Waals surface area contributed by atoms with Crippen LogP contribution < -0.4 is 4.90 Å². The zero-order valence-corrected chi connectivity index (χ0v) is 17.0. The van der Waals surface area contributed by atoms with E-state index in [1.165, 1.54) is 0 Å². The number of hydrogen-bond donors (Lipinski definition) is 0. The molecule has 0 bridgehead atoms. The number of fused-ring (bicyclic) bond motifs is 1. The minimum atomic E-state index is -0.520. The van der Waals surface area contributed by atoms with E-state index in [0.29, 0.717) is 19.8 Å². The van der Waals surface area contributed by atoms with Crippen molar-refractivity contribution in [3.63, 3.8) is 0 Å². The number of rotatable bonds is 3. The maximum atomic E-state index is 12.2. The third kappa shape index (κ3) is 4.55. The van der Waals surface area contributed by atoms with Crippen LogP contribution in [0.2, 0.25) is 5.28 Å². The molecule has 1 amide bonds. The highest BCUT2D eigenvalue weighted by molar-refractivity contribution is 7.19. The predicted molar refractivity (Wildman–Crippen MR) is 103 cm³/mol. The molecular formula is C17H23ClN4O3S. The maximum Gasteiger partial charge on any atom is 0.410 e. The lowest BCUT2D eigenvalue weighted by Crippen LogP contribution is -2.36. The Morgan fingerprint density at radius 3 is 2.73 bits per heavy atom. The maximum absolute atomic E-state index is 12.2. The molecule has 0 aromatic carbocycles. The number of thiophene rings is 1. The highest BCUT2D eigenvalue weighted by Crippen LogP contribution is 2.34. The van der Waals surface area contributed by atoms with Crippen molar-refractivity contribution in [1.82, 2.24) is 14.9 Å². The molecule has 0 radical (unpaired) electrons. The Balaban J connectivity index is 1.83. The number of nitrogens with zero attached hydrogens (tertiary/aromatic N) is 4. The first-order valence-corrected chi connectivity index (χ1v) is 9.65. The molecule has 1 fully saturated rings. The summed E-state index contributed by atoms with van der Waals surface area (Å²) in [5, 5.41) is 0.226. The van der Waals surface area contributed by atoms with E-state index in [1.54, 1.807) is 23.3 Å². The molecule has 2 aromatic rings. The molecule has 0 atom stereocenters. The third-order valence-corrected chi connectivity index (χ3v) is 5.06. The molecule has 0 spiro atoms. The van der Waals surface area contributed by atoms with Gasteiger partial charge in [0.05, 0.1) is 30.0 Å². The molecule has 2 aromatic heterocycles. The fraction of sp³-hybridized carbons (Fsp3) is 0.588. The average Bonchev–Trinajstić information content (AvgIpc) is 2.95. The second kappa shape index (κ2) is 7.54. The number of aromatic nitrogens is 2. The van der Waals surface area contributed by atoms with Gasteiger partial charge in [-0.1, -0.05) is 0 Å². The van der Waals surface area contributed by atoms with E-state index in [-0.39, 0.29) is 11.4 Å².